The quantitative estimate of drug-likeness (QED) is 0.669. The average molecular weight is 372 g/mol. The van der Waals surface area contributed by atoms with Gasteiger partial charge in [-0.05, 0) is 61.1 Å². The summed E-state index contributed by atoms with van der Waals surface area (Å²) in [6.07, 6.45) is 6.77. The molecule has 0 N–H and O–H groups in total. The van der Waals surface area contributed by atoms with Crippen molar-refractivity contribution >= 4 is 27.5 Å². The Bertz CT molecular complexity index is 548. The van der Waals surface area contributed by atoms with Gasteiger partial charge in [-0.3, -0.25) is 0 Å². The first-order valence-corrected chi connectivity index (χ1v) is 9.16. The zero-order chi connectivity index (χ0) is 14.4. The van der Waals surface area contributed by atoms with Gasteiger partial charge in [-0.1, -0.05) is 22.4 Å². The maximum absolute atomic E-state index is 6.74. The summed E-state index contributed by atoms with van der Waals surface area (Å²) in [5.41, 5.74) is 1.14. The van der Waals surface area contributed by atoms with Crippen LogP contribution in [0.3, 0.4) is 0 Å². The third kappa shape index (κ3) is 2.68. The Morgan fingerprint density at radius 2 is 1.90 bits per heavy atom. The predicted molar refractivity (Wildman–Crippen MR) is 87.3 cm³/mol. The van der Waals surface area contributed by atoms with E-state index in [1.165, 1.54) is 25.7 Å². The first kappa shape index (κ1) is 14.2. The topological polar surface area (TPSA) is 18.5 Å². The minimum atomic E-state index is 0.0551. The number of alkyl halides is 1. The van der Waals surface area contributed by atoms with Crippen LogP contribution in [-0.4, -0.2) is 13.2 Å². The molecule has 4 heteroatoms. The number of fused-ring (bicyclic) bond motifs is 3. The lowest BCUT2D eigenvalue weighted by Crippen LogP contribution is -2.16. The molecule has 0 amide bonds. The molecule has 1 aliphatic heterocycles. The first-order chi connectivity index (χ1) is 10.2. The monoisotopic (exact) mass is 370 g/mol. The van der Waals surface area contributed by atoms with E-state index in [9.17, 15) is 0 Å². The zero-order valence-corrected chi connectivity index (χ0v) is 14.3. The fourth-order valence-corrected chi connectivity index (χ4v) is 5.52. The molecule has 4 unspecified atom stereocenters. The van der Waals surface area contributed by atoms with Crippen molar-refractivity contribution < 1.29 is 9.47 Å². The van der Waals surface area contributed by atoms with Crippen LogP contribution >= 0.6 is 27.5 Å². The highest BCUT2D eigenvalue weighted by molar-refractivity contribution is 9.10. The molecule has 4 atom stereocenters. The molecular formula is C17H20BrClO2. The van der Waals surface area contributed by atoms with Crippen LogP contribution in [0.25, 0.3) is 0 Å². The lowest BCUT2D eigenvalue weighted by Gasteiger charge is -2.25. The van der Waals surface area contributed by atoms with E-state index in [4.69, 9.17) is 21.1 Å². The van der Waals surface area contributed by atoms with E-state index in [1.54, 1.807) is 0 Å². The molecule has 0 saturated heterocycles. The van der Waals surface area contributed by atoms with Crippen molar-refractivity contribution in [2.75, 3.05) is 13.2 Å². The smallest absolute Gasteiger partial charge is 0.162 e. The Kier molecular flexibility index (Phi) is 3.83. The average Bonchev–Trinajstić information content (AvgIpc) is 3.09. The van der Waals surface area contributed by atoms with E-state index >= 15 is 0 Å². The molecule has 1 aromatic rings. The Labute approximate surface area is 139 Å². The van der Waals surface area contributed by atoms with Crippen LogP contribution in [0.15, 0.2) is 16.6 Å². The normalized spacial score (nSPS) is 31.4. The Hall–Kier alpha value is -0.410. The summed E-state index contributed by atoms with van der Waals surface area (Å²) in [7, 11) is 0. The number of hydrogen-bond donors (Lipinski definition) is 0. The third-order valence-corrected chi connectivity index (χ3v) is 6.49. The number of ether oxygens (including phenoxy) is 2. The van der Waals surface area contributed by atoms with Crippen LogP contribution in [0.5, 0.6) is 11.5 Å². The zero-order valence-electron chi connectivity index (χ0n) is 12.0. The third-order valence-electron chi connectivity index (χ3n) is 5.39. The SMILES string of the molecule is ClC(CC1CC2CCC1C2)c1cc2c(cc1Br)OCCO2. The van der Waals surface area contributed by atoms with Crippen molar-refractivity contribution in [3.05, 3.63) is 22.2 Å². The number of benzene rings is 1. The molecule has 0 spiro atoms. The molecule has 21 heavy (non-hydrogen) atoms. The minimum absolute atomic E-state index is 0.0551. The molecule has 0 aromatic heterocycles. The molecule has 2 fully saturated rings. The fourth-order valence-electron chi connectivity index (χ4n) is 4.38. The summed E-state index contributed by atoms with van der Waals surface area (Å²) in [6, 6.07) is 4.06. The van der Waals surface area contributed by atoms with Gasteiger partial charge in [0, 0.05) is 4.47 Å². The summed E-state index contributed by atoms with van der Waals surface area (Å²) in [4.78, 5) is 0. The maximum atomic E-state index is 6.74. The number of hydrogen-bond acceptors (Lipinski definition) is 2. The summed E-state index contributed by atoms with van der Waals surface area (Å²) in [5, 5.41) is 0.0551. The second-order valence-electron chi connectivity index (χ2n) is 6.66. The van der Waals surface area contributed by atoms with Gasteiger partial charge in [0.15, 0.2) is 11.5 Å². The second kappa shape index (κ2) is 5.66. The Balaban J connectivity index is 1.52. The van der Waals surface area contributed by atoms with Gasteiger partial charge < -0.3 is 9.47 Å². The van der Waals surface area contributed by atoms with Crippen LogP contribution in [0.1, 0.15) is 43.0 Å². The summed E-state index contributed by atoms with van der Waals surface area (Å²) >= 11 is 10.4. The van der Waals surface area contributed by atoms with Crippen LogP contribution in [0.2, 0.25) is 0 Å². The van der Waals surface area contributed by atoms with Crippen LogP contribution in [-0.2, 0) is 0 Å². The van der Waals surface area contributed by atoms with Gasteiger partial charge in [-0.15, -0.1) is 11.6 Å². The van der Waals surface area contributed by atoms with Gasteiger partial charge in [0.25, 0.3) is 0 Å². The Morgan fingerprint density at radius 1 is 1.14 bits per heavy atom. The molecule has 114 valence electrons. The van der Waals surface area contributed by atoms with Crippen molar-refractivity contribution in [3.63, 3.8) is 0 Å². The highest BCUT2D eigenvalue weighted by Crippen LogP contribution is 2.52. The van der Waals surface area contributed by atoms with E-state index in [1.807, 2.05) is 6.07 Å². The van der Waals surface area contributed by atoms with Crippen molar-refractivity contribution in [2.24, 2.45) is 17.8 Å². The number of halogens is 2. The first-order valence-electron chi connectivity index (χ1n) is 7.94. The second-order valence-corrected chi connectivity index (χ2v) is 8.04. The van der Waals surface area contributed by atoms with Gasteiger partial charge in [-0.25, -0.2) is 0 Å². The molecule has 2 nitrogen and oxygen atoms in total. The molecule has 2 bridgehead atoms. The molecule has 4 rings (SSSR count). The molecule has 1 aromatic carbocycles. The van der Waals surface area contributed by atoms with Crippen LogP contribution < -0.4 is 9.47 Å². The molecule has 2 saturated carbocycles. The van der Waals surface area contributed by atoms with Gasteiger partial charge in [-0.2, -0.15) is 0 Å². The highest BCUT2D eigenvalue weighted by atomic mass is 79.9. The lowest BCUT2D eigenvalue weighted by atomic mass is 9.84. The highest BCUT2D eigenvalue weighted by Gasteiger charge is 2.40. The van der Waals surface area contributed by atoms with E-state index in [0.717, 1.165) is 45.7 Å². The van der Waals surface area contributed by atoms with Crippen LogP contribution in [0.4, 0.5) is 0 Å². The lowest BCUT2D eigenvalue weighted by molar-refractivity contribution is 0.171. The van der Waals surface area contributed by atoms with Crippen molar-refractivity contribution in [3.8, 4) is 11.5 Å². The summed E-state index contributed by atoms with van der Waals surface area (Å²) in [5.74, 6) is 4.37. The van der Waals surface area contributed by atoms with E-state index in [-0.39, 0.29) is 5.38 Å². The predicted octanol–water partition coefficient (Wildman–Crippen LogP) is 5.33. The standard InChI is InChI=1S/C17H20BrClO2/c18-14-9-17-16(20-3-4-21-17)8-13(14)15(19)7-12-6-10-1-2-11(12)5-10/h8-12,15H,1-7H2. The van der Waals surface area contributed by atoms with Crippen LogP contribution in [0, 0.1) is 17.8 Å². The summed E-state index contributed by atoms with van der Waals surface area (Å²) in [6.45, 7) is 1.24. The molecule has 0 radical (unpaired) electrons. The van der Waals surface area contributed by atoms with E-state index < -0.39 is 0 Å². The number of rotatable bonds is 3. The molecular weight excluding hydrogens is 352 g/mol. The van der Waals surface area contributed by atoms with Crippen molar-refractivity contribution in [2.45, 2.75) is 37.5 Å². The molecule has 3 aliphatic rings. The maximum Gasteiger partial charge on any atom is 0.162 e. The van der Waals surface area contributed by atoms with E-state index in [0.29, 0.717) is 13.2 Å². The Morgan fingerprint density at radius 3 is 2.57 bits per heavy atom. The fraction of sp³-hybridized carbons (Fsp3) is 0.647. The minimum Gasteiger partial charge on any atom is -0.486 e. The van der Waals surface area contributed by atoms with Gasteiger partial charge in [0.1, 0.15) is 13.2 Å². The summed E-state index contributed by atoms with van der Waals surface area (Å²) < 4.78 is 12.3. The van der Waals surface area contributed by atoms with Gasteiger partial charge in [0.05, 0.1) is 5.38 Å². The van der Waals surface area contributed by atoms with E-state index in [2.05, 4.69) is 22.0 Å². The van der Waals surface area contributed by atoms with Crippen molar-refractivity contribution in [1.82, 2.24) is 0 Å². The van der Waals surface area contributed by atoms with Crippen molar-refractivity contribution in [1.29, 1.82) is 0 Å². The molecule has 2 aliphatic carbocycles. The molecule has 1 heterocycles. The van der Waals surface area contributed by atoms with Gasteiger partial charge in [0.2, 0.25) is 0 Å². The largest absolute Gasteiger partial charge is 0.486 e. The van der Waals surface area contributed by atoms with Gasteiger partial charge >= 0.3 is 0 Å².